The Bertz CT molecular complexity index is 859. The molecular weight excluding hydrogens is 356 g/mol. The van der Waals surface area contributed by atoms with E-state index in [0.717, 1.165) is 35.7 Å². The highest BCUT2D eigenvalue weighted by atomic mass is 16.4. The Labute approximate surface area is 164 Å². The summed E-state index contributed by atoms with van der Waals surface area (Å²) in [6.07, 6.45) is 3.64. The number of fused-ring (bicyclic) bond motifs is 1. The minimum absolute atomic E-state index is 0.0230. The van der Waals surface area contributed by atoms with Crippen LogP contribution in [0.5, 0.6) is 0 Å². The third kappa shape index (κ3) is 4.88. The lowest BCUT2D eigenvalue weighted by Gasteiger charge is -2.19. The summed E-state index contributed by atoms with van der Waals surface area (Å²) in [7, 11) is 0. The third-order valence-corrected chi connectivity index (χ3v) is 5.17. The first-order valence-electron chi connectivity index (χ1n) is 9.84. The number of hydrogen-bond donors (Lipinski definition) is 2. The average molecular weight is 382 g/mol. The molecule has 0 spiro atoms. The summed E-state index contributed by atoms with van der Waals surface area (Å²) >= 11 is 0. The van der Waals surface area contributed by atoms with Crippen molar-refractivity contribution in [3.63, 3.8) is 0 Å². The molecule has 1 saturated heterocycles. The second-order valence-electron chi connectivity index (χ2n) is 7.25. The van der Waals surface area contributed by atoms with E-state index in [1.165, 1.54) is 0 Å². The van der Waals surface area contributed by atoms with Gasteiger partial charge in [-0.15, -0.1) is 0 Å². The maximum atomic E-state index is 12.5. The van der Waals surface area contributed by atoms with Crippen LogP contribution in [0.3, 0.4) is 0 Å². The van der Waals surface area contributed by atoms with Crippen LogP contribution < -0.4 is 10.2 Å². The normalized spacial score (nSPS) is 16.5. The molecule has 1 heterocycles. The van der Waals surface area contributed by atoms with Gasteiger partial charge in [0.25, 0.3) is 0 Å². The standard InChI is InChI=1S/C22H26N2O4/c25-20-14-17(22(28)23-13-6-2-1-3-12-21(26)27)15-24(20)19-11-7-9-16-8-4-5-10-18(16)19/h4-5,7-11,17H,1-3,6,12-15H2,(H,23,28)(H,26,27). The zero-order chi connectivity index (χ0) is 19.9. The number of amides is 2. The first-order valence-corrected chi connectivity index (χ1v) is 9.84. The molecule has 6 heteroatoms. The number of carbonyl (C=O) groups excluding carboxylic acids is 2. The number of nitrogens with zero attached hydrogens (tertiary/aromatic N) is 1. The summed E-state index contributed by atoms with van der Waals surface area (Å²) in [5.74, 6) is -1.21. The first-order chi connectivity index (χ1) is 13.6. The van der Waals surface area contributed by atoms with Crippen LogP contribution in [0.2, 0.25) is 0 Å². The van der Waals surface area contributed by atoms with Crippen molar-refractivity contribution in [2.45, 2.75) is 38.5 Å². The van der Waals surface area contributed by atoms with E-state index in [2.05, 4.69) is 5.32 Å². The molecule has 1 aliphatic heterocycles. The number of benzene rings is 2. The fourth-order valence-electron chi connectivity index (χ4n) is 3.67. The van der Waals surface area contributed by atoms with Crippen molar-refractivity contribution in [3.8, 4) is 0 Å². The van der Waals surface area contributed by atoms with Crippen molar-refractivity contribution in [2.75, 3.05) is 18.0 Å². The van der Waals surface area contributed by atoms with Crippen LogP contribution in [0, 0.1) is 5.92 Å². The van der Waals surface area contributed by atoms with Crippen molar-refractivity contribution >= 4 is 34.2 Å². The second kappa shape index (κ2) is 9.35. The van der Waals surface area contributed by atoms with Gasteiger partial charge in [-0.2, -0.15) is 0 Å². The molecule has 0 saturated carbocycles. The zero-order valence-electron chi connectivity index (χ0n) is 15.9. The average Bonchev–Trinajstić information content (AvgIpc) is 3.08. The Balaban J connectivity index is 1.50. The van der Waals surface area contributed by atoms with Gasteiger partial charge in [0, 0.05) is 31.3 Å². The monoisotopic (exact) mass is 382 g/mol. The van der Waals surface area contributed by atoms with Gasteiger partial charge in [0.05, 0.1) is 11.6 Å². The summed E-state index contributed by atoms with van der Waals surface area (Å²) in [4.78, 5) is 37.2. The number of hydrogen-bond acceptors (Lipinski definition) is 3. The number of rotatable bonds is 9. The van der Waals surface area contributed by atoms with E-state index < -0.39 is 5.97 Å². The number of unbranched alkanes of at least 4 members (excludes halogenated alkanes) is 3. The molecule has 1 fully saturated rings. The number of aliphatic carboxylic acids is 1. The summed E-state index contributed by atoms with van der Waals surface area (Å²) in [5, 5.41) is 13.6. The second-order valence-corrected chi connectivity index (χ2v) is 7.25. The quantitative estimate of drug-likeness (QED) is 0.651. The predicted octanol–water partition coefficient (Wildman–Crippen LogP) is 3.34. The fourth-order valence-corrected chi connectivity index (χ4v) is 3.67. The predicted molar refractivity (Wildman–Crippen MR) is 108 cm³/mol. The maximum absolute atomic E-state index is 12.5. The minimum atomic E-state index is -0.769. The zero-order valence-corrected chi connectivity index (χ0v) is 15.9. The molecule has 148 valence electrons. The molecule has 1 unspecified atom stereocenters. The van der Waals surface area contributed by atoms with Gasteiger partial charge in [0.15, 0.2) is 0 Å². The molecule has 2 aromatic carbocycles. The Morgan fingerprint density at radius 3 is 2.61 bits per heavy atom. The van der Waals surface area contributed by atoms with Gasteiger partial charge >= 0.3 is 5.97 Å². The van der Waals surface area contributed by atoms with Crippen molar-refractivity contribution < 1.29 is 19.5 Å². The van der Waals surface area contributed by atoms with E-state index in [0.29, 0.717) is 19.5 Å². The smallest absolute Gasteiger partial charge is 0.303 e. The summed E-state index contributed by atoms with van der Waals surface area (Å²) in [5.41, 5.74) is 0.858. The Kier molecular flexibility index (Phi) is 6.63. The largest absolute Gasteiger partial charge is 0.481 e. The Hall–Kier alpha value is -2.89. The Morgan fingerprint density at radius 1 is 1.04 bits per heavy atom. The number of carboxylic acid groups (broad SMARTS) is 1. The number of carbonyl (C=O) groups is 3. The van der Waals surface area contributed by atoms with Gasteiger partial charge in [-0.1, -0.05) is 49.2 Å². The molecule has 28 heavy (non-hydrogen) atoms. The van der Waals surface area contributed by atoms with Crippen LogP contribution >= 0.6 is 0 Å². The molecule has 6 nitrogen and oxygen atoms in total. The van der Waals surface area contributed by atoms with Gasteiger partial charge in [0.2, 0.25) is 11.8 Å². The highest BCUT2D eigenvalue weighted by Gasteiger charge is 2.35. The number of nitrogens with one attached hydrogen (secondary N) is 1. The van der Waals surface area contributed by atoms with E-state index >= 15 is 0 Å². The minimum Gasteiger partial charge on any atom is -0.481 e. The van der Waals surface area contributed by atoms with E-state index in [1.807, 2.05) is 42.5 Å². The van der Waals surface area contributed by atoms with Crippen LogP contribution in [0.25, 0.3) is 10.8 Å². The SMILES string of the molecule is O=C(O)CCCCCCNC(=O)C1CC(=O)N(c2cccc3ccccc23)C1. The highest BCUT2D eigenvalue weighted by Crippen LogP contribution is 2.31. The van der Waals surface area contributed by atoms with Crippen LogP contribution in [-0.2, 0) is 14.4 Å². The molecular formula is C22H26N2O4. The molecule has 0 radical (unpaired) electrons. The Morgan fingerprint density at radius 2 is 1.79 bits per heavy atom. The van der Waals surface area contributed by atoms with Crippen molar-refractivity contribution in [3.05, 3.63) is 42.5 Å². The lowest BCUT2D eigenvalue weighted by molar-refractivity contribution is -0.137. The molecule has 1 atom stereocenters. The van der Waals surface area contributed by atoms with Crippen molar-refractivity contribution in [1.82, 2.24) is 5.32 Å². The van der Waals surface area contributed by atoms with E-state index in [4.69, 9.17) is 5.11 Å². The summed E-state index contributed by atoms with van der Waals surface area (Å²) in [6, 6.07) is 13.8. The van der Waals surface area contributed by atoms with Crippen LogP contribution in [0.4, 0.5) is 5.69 Å². The molecule has 2 amide bonds. The molecule has 0 aromatic heterocycles. The van der Waals surface area contributed by atoms with E-state index in [1.54, 1.807) is 4.90 Å². The topological polar surface area (TPSA) is 86.7 Å². The lowest BCUT2D eigenvalue weighted by atomic mass is 10.1. The third-order valence-electron chi connectivity index (χ3n) is 5.17. The number of carboxylic acids is 1. The van der Waals surface area contributed by atoms with Gasteiger partial charge in [-0.25, -0.2) is 0 Å². The molecule has 3 rings (SSSR count). The fraction of sp³-hybridized carbons (Fsp3) is 0.409. The van der Waals surface area contributed by atoms with Crippen molar-refractivity contribution in [1.29, 1.82) is 0 Å². The van der Waals surface area contributed by atoms with E-state index in [9.17, 15) is 14.4 Å². The molecule has 2 aromatic rings. The highest BCUT2D eigenvalue weighted by molar-refractivity contribution is 6.06. The van der Waals surface area contributed by atoms with Crippen LogP contribution in [0.15, 0.2) is 42.5 Å². The van der Waals surface area contributed by atoms with Crippen molar-refractivity contribution in [2.24, 2.45) is 5.92 Å². The van der Waals surface area contributed by atoms with Gasteiger partial charge in [-0.3, -0.25) is 14.4 Å². The molecule has 1 aliphatic rings. The maximum Gasteiger partial charge on any atom is 0.303 e. The first kappa shape index (κ1) is 19.9. The van der Waals surface area contributed by atoms with E-state index in [-0.39, 0.29) is 30.6 Å². The molecule has 0 bridgehead atoms. The molecule has 2 N–H and O–H groups in total. The number of anilines is 1. The summed E-state index contributed by atoms with van der Waals surface area (Å²) in [6.45, 7) is 0.960. The van der Waals surface area contributed by atoms with Crippen LogP contribution in [-0.4, -0.2) is 36.0 Å². The molecule has 0 aliphatic carbocycles. The van der Waals surface area contributed by atoms with Gasteiger partial charge in [-0.05, 0) is 24.3 Å². The summed E-state index contributed by atoms with van der Waals surface area (Å²) < 4.78 is 0. The lowest BCUT2D eigenvalue weighted by Crippen LogP contribution is -2.33. The van der Waals surface area contributed by atoms with Crippen LogP contribution in [0.1, 0.15) is 38.5 Å². The van der Waals surface area contributed by atoms with Gasteiger partial charge < -0.3 is 15.3 Å². The van der Waals surface area contributed by atoms with Gasteiger partial charge in [0.1, 0.15) is 0 Å².